The molecule has 0 aromatic heterocycles. The van der Waals surface area contributed by atoms with Crippen molar-refractivity contribution in [3.05, 3.63) is 65.5 Å². The van der Waals surface area contributed by atoms with Crippen LogP contribution in [0.4, 0.5) is 4.39 Å². The van der Waals surface area contributed by atoms with Crippen molar-refractivity contribution in [2.24, 2.45) is 0 Å². The van der Waals surface area contributed by atoms with Crippen LogP contribution >= 0.6 is 0 Å². The van der Waals surface area contributed by atoms with E-state index in [1.165, 1.54) is 24.3 Å². The lowest BCUT2D eigenvalue weighted by molar-refractivity contribution is 0.626. The van der Waals surface area contributed by atoms with E-state index in [9.17, 15) is 8.60 Å². The smallest absolute Gasteiger partial charge is 0.123 e. The summed E-state index contributed by atoms with van der Waals surface area (Å²) in [5, 5.41) is 8.67. The number of rotatable bonds is 3. The Morgan fingerprint density at radius 3 is 2.22 bits per heavy atom. The molecule has 0 aliphatic rings. The molecule has 1 unspecified atom stereocenters. The van der Waals surface area contributed by atoms with Gasteiger partial charge in [-0.2, -0.15) is 5.26 Å². The fourth-order valence-corrected chi connectivity index (χ4v) is 2.60. The third kappa shape index (κ3) is 3.02. The molecule has 0 fully saturated rings. The SMILES string of the molecule is N#Cc1ccc(CS(=O)c2ccc(F)cc2)cc1. The Bertz CT molecular complexity index is 599. The molecule has 0 bridgehead atoms. The number of hydrogen-bond donors (Lipinski definition) is 0. The average molecular weight is 259 g/mol. The maximum Gasteiger partial charge on any atom is 0.123 e. The zero-order chi connectivity index (χ0) is 13.0. The summed E-state index contributed by atoms with van der Waals surface area (Å²) in [5.41, 5.74) is 1.46. The van der Waals surface area contributed by atoms with Crippen LogP contribution in [0.15, 0.2) is 53.4 Å². The minimum absolute atomic E-state index is 0.339. The predicted molar refractivity (Wildman–Crippen MR) is 67.7 cm³/mol. The van der Waals surface area contributed by atoms with Gasteiger partial charge in [0, 0.05) is 4.90 Å². The Kier molecular flexibility index (Phi) is 3.85. The Morgan fingerprint density at radius 2 is 1.67 bits per heavy atom. The van der Waals surface area contributed by atoms with E-state index in [0.717, 1.165) is 5.56 Å². The molecule has 0 saturated heterocycles. The van der Waals surface area contributed by atoms with Gasteiger partial charge < -0.3 is 0 Å². The highest BCUT2D eigenvalue weighted by molar-refractivity contribution is 7.84. The average Bonchev–Trinajstić information content (AvgIpc) is 2.40. The van der Waals surface area contributed by atoms with Gasteiger partial charge in [-0.15, -0.1) is 0 Å². The van der Waals surface area contributed by atoms with Gasteiger partial charge in [-0.3, -0.25) is 4.21 Å². The number of nitriles is 1. The van der Waals surface area contributed by atoms with Gasteiger partial charge >= 0.3 is 0 Å². The van der Waals surface area contributed by atoms with Crippen LogP contribution in [0.5, 0.6) is 0 Å². The molecule has 4 heteroatoms. The van der Waals surface area contributed by atoms with Crippen LogP contribution in [0.25, 0.3) is 0 Å². The van der Waals surface area contributed by atoms with Gasteiger partial charge in [0.15, 0.2) is 0 Å². The molecular weight excluding hydrogens is 249 g/mol. The molecule has 2 aromatic carbocycles. The number of benzene rings is 2. The van der Waals surface area contributed by atoms with Crippen LogP contribution < -0.4 is 0 Å². The molecule has 1 atom stereocenters. The molecule has 90 valence electrons. The molecule has 0 N–H and O–H groups in total. The third-order valence-corrected chi connectivity index (χ3v) is 3.85. The van der Waals surface area contributed by atoms with E-state index >= 15 is 0 Å². The number of nitrogens with zero attached hydrogens (tertiary/aromatic N) is 1. The van der Waals surface area contributed by atoms with E-state index in [0.29, 0.717) is 16.2 Å². The lowest BCUT2D eigenvalue weighted by Gasteiger charge is -2.02. The van der Waals surface area contributed by atoms with Crippen LogP contribution in [0, 0.1) is 17.1 Å². The first kappa shape index (κ1) is 12.5. The van der Waals surface area contributed by atoms with Gasteiger partial charge in [0.1, 0.15) is 5.82 Å². The molecule has 18 heavy (non-hydrogen) atoms. The molecule has 2 rings (SSSR count). The summed E-state index contributed by atoms with van der Waals surface area (Å²) in [6.07, 6.45) is 0. The van der Waals surface area contributed by atoms with E-state index in [-0.39, 0.29) is 5.82 Å². The molecule has 2 nitrogen and oxygen atoms in total. The van der Waals surface area contributed by atoms with Gasteiger partial charge in [-0.1, -0.05) is 12.1 Å². The first-order chi connectivity index (χ1) is 8.69. The standard InChI is InChI=1S/C14H10FNOS/c15-13-5-7-14(8-6-13)18(17)10-12-3-1-11(9-16)2-4-12/h1-8H,10H2. The van der Waals surface area contributed by atoms with Crippen LogP contribution in [0.2, 0.25) is 0 Å². The van der Waals surface area contributed by atoms with Crippen molar-refractivity contribution < 1.29 is 8.60 Å². The largest absolute Gasteiger partial charge is 0.254 e. The zero-order valence-electron chi connectivity index (χ0n) is 9.47. The summed E-state index contributed by atoms with van der Waals surface area (Å²) in [4.78, 5) is 0.598. The van der Waals surface area contributed by atoms with Gasteiger partial charge in [-0.25, -0.2) is 4.39 Å². The van der Waals surface area contributed by atoms with Gasteiger partial charge in [0.2, 0.25) is 0 Å². The summed E-state index contributed by atoms with van der Waals surface area (Å²) in [6.45, 7) is 0. The topological polar surface area (TPSA) is 40.9 Å². The third-order valence-electron chi connectivity index (χ3n) is 2.46. The van der Waals surface area contributed by atoms with Gasteiger partial charge in [-0.05, 0) is 42.0 Å². The van der Waals surface area contributed by atoms with Crippen molar-refractivity contribution in [2.45, 2.75) is 10.6 Å². The maximum atomic E-state index is 12.7. The first-order valence-electron chi connectivity index (χ1n) is 5.32. The number of hydrogen-bond acceptors (Lipinski definition) is 2. The quantitative estimate of drug-likeness (QED) is 0.850. The molecule has 2 aromatic rings. The molecule has 0 aliphatic carbocycles. The van der Waals surface area contributed by atoms with E-state index in [1.807, 2.05) is 6.07 Å². The fraction of sp³-hybridized carbons (Fsp3) is 0.0714. The normalized spacial score (nSPS) is 11.8. The van der Waals surface area contributed by atoms with Crippen LogP contribution in [-0.2, 0) is 16.6 Å². The second-order valence-electron chi connectivity index (χ2n) is 3.75. The van der Waals surface area contributed by atoms with Crippen LogP contribution in [0.1, 0.15) is 11.1 Å². The van der Waals surface area contributed by atoms with Crippen LogP contribution in [0.3, 0.4) is 0 Å². The van der Waals surface area contributed by atoms with Crippen molar-refractivity contribution in [2.75, 3.05) is 0 Å². The number of halogens is 1. The molecule has 0 saturated carbocycles. The van der Waals surface area contributed by atoms with E-state index in [2.05, 4.69) is 0 Å². The lowest BCUT2D eigenvalue weighted by Crippen LogP contribution is -1.96. The Balaban J connectivity index is 2.11. The Hall–Kier alpha value is -1.99. The van der Waals surface area contributed by atoms with Crippen molar-refractivity contribution in [3.8, 4) is 6.07 Å². The summed E-state index contributed by atoms with van der Waals surface area (Å²) in [6, 6.07) is 14.6. The molecule has 0 heterocycles. The monoisotopic (exact) mass is 259 g/mol. The van der Waals surface area contributed by atoms with Crippen molar-refractivity contribution in [1.29, 1.82) is 5.26 Å². The predicted octanol–water partition coefficient (Wildman–Crippen LogP) is 3.01. The molecule has 0 amide bonds. The second kappa shape index (κ2) is 5.56. The molecular formula is C14H10FNOS. The van der Waals surface area contributed by atoms with Gasteiger partial charge in [0.05, 0.1) is 28.2 Å². The molecule has 0 aliphatic heterocycles. The molecule has 0 spiro atoms. The lowest BCUT2D eigenvalue weighted by atomic mass is 10.2. The molecule has 0 radical (unpaired) electrons. The highest BCUT2D eigenvalue weighted by Crippen LogP contribution is 2.13. The van der Waals surface area contributed by atoms with Gasteiger partial charge in [0.25, 0.3) is 0 Å². The summed E-state index contributed by atoms with van der Waals surface area (Å²) < 4.78 is 24.7. The van der Waals surface area contributed by atoms with Crippen LogP contribution in [-0.4, -0.2) is 4.21 Å². The second-order valence-corrected chi connectivity index (χ2v) is 5.20. The first-order valence-corrected chi connectivity index (χ1v) is 6.64. The van der Waals surface area contributed by atoms with E-state index in [1.54, 1.807) is 24.3 Å². The summed E-state index contributed by atoms with van der Waals surface area (Å²) in [5.74, 6) is 0.0197. The van der Waals surface area contributed by atoms with E-state index in [4.69, 9.17) is 5.26 Å². The summed E-state index contributed by atoms with van der Waals surface area (Å²) >= 11 is 0. The highest BCUT2D eigenvalue weighted by Gasteiger charge is 2.05. The summed E-state index contributed by atoms with van der Waals surface area (Å²) in [7, 11) is -1.20. The fourth-order valence-electron chi connectivity index (χ4n) is 1.50. The Labute approximate surface area is 107 Å². The van der Waals surface area contributed by atoms with Crippen molar-refractivity contribution in [3.63, 3.8) is 0 Å². The minimum Gasteiger partial charge on any atom is -0.254 e. The highest BCUT2D eigenvalue weighted by atomic mass is 32.2. The van der Waals surface area contributed by atoms with Crippen molar-refractivity contribution >= 4 is 10.8 Å². The minimum atomic E-state index is -1.20. The maximum absolute atomic E-state index is 12.7. The zero-order valence-corrected chi connectivity index (χ0v) is 10.3. The van der Waals surface area contributed by atoms with E-state index < -0.39 is 10.8 Å². The van der Waals surface area contributed by atoms with Crippen molar-refractivity contribution in [1.82, 2.24) is 0 Å². The Morgan fingerprint density at radius 1 is 1.06 bits per heavy atom.